The zero-order valence-corrected chi connectivity index (χ0v) is 20.7. The van der Waals surface area contributed by atoms with Crippen LogP contribution < -0.4 is 10.6 Å². The van der Waals surface area contributed by atoms with Crippen LogP contribution >= 0.6 is 0 Å². The highest BCUT2D eigenvalue weighted by Gasteiger charge is 2.31. The van der Waals surface area contributed by atoms with Crippen molar-refractivity contribution in [3.05, 3.63) is 0 Å². The maximum absolute atomic E-state index is 12.1. The molecular formula is C20H41N5O4S. The van der Waals surface area contributed by atoms with Crippen molar-refractivity contribution >= 4 is 22.1 Å². The van der Waals surface area contributed by atoms with Gasteiger partial charge >= 0.3 is 6.09 Å². The highest BCUT2D eigenvalue weighted by Crippen LogP contribution is 2.19. The lowest BCUT2D eigenvalue weighted by Gasteiger charge is -2.29. The summed E-state index contributed by atoms with van der Waals surface area (Å²) in [5, 5.41) is 6.26. The van der Waals surface area contributed by atoms with Gasteiger partial charge in [0, 0.05) is 45.8 Å². The van der Waals surface area contributed by atoms with Gasteiger partial charge in [-0.25, -0.2) is 13.2 Å². The van der Waals surface area contributed by atoms with E-state index in [1.165, 1.54) is 6.26 Å². The number of sulfonamides is 1. The zero-order chi connectivity index (χ0) is 23.1. The molecule has 1 unspecified atom stereocenters. The molecule has 0 saturated carbocycles. The summed E-state index contributed by atoms with van der Waals surface area (Å²) in [5.74, 6) is 0.956. The monoisotopic (exact) mass is 447 g/mol. The smallest absolute Gasteiger partial charge is 0.407 e. The number of guanidine groups is 1. The molecule has 2 atom stereocenters. The van der Waals surface area contributed by atoms with Gasteiger partial charge in [-0.1, -0.05) is 13.8 Å². The summed E-state index contributed by atoms with van der Waals surface area (Å²) < 4.78 is 30.8. The molecule has 0 radical (unpaired) electrons. The van der Waals surface area contributed by atoms with Gasteiger partial charge in [0.25, 0.3) is 0 Å². The van der Waals surface area contributed by atoms with Gasteiger partial charge in [-0.3, -0.25) is 4.99 Å². The lowest BCUT2D eigenvalue weighted by atomic mass is 10.0. The maximum atomic E-state index is 12.1. The molecule has 176 valence electrons. The molecule has 10 heteroatoms. The van der Waals surface area contributed by atoms with E-state index in [1.807, 2.05) is 32.7 Å². The minimum atomic E-state index is -3.19. The minimum Gasteiger partial charge on any atom is -0.444 e. The van der Waals surface area contributed by atoms with E-state index in [2.05, 4.69) is 29.5 Å². The summed E-state index contributed by atoms with van der Waals surface area (Å²) in [4.78, 5) is 18.4. The van der Waals surface area contributed by atoms with Crippen LogP contribution in [-0.2, 0) is 14.8 Å². The predicted molar refractivity (Wildman–Crippen MR) is 121 cm³/mol. The third kappa shape index (κ3) is 9.07. The summed E-state index contributed by atoms with van der Waals surface area (Å²) in [7, 11) is 0.448. The number of nitrogens with one attached hydrogen (secondary N) is 2. The number of hydrogen-bond donors (Lipinski definition) is 2. The molecular weight excluding hydrogens is 406 g/mol. The summed E-state index contributed by atoms with van der Waals surface area (Å²) >= 11 is 0. The third-order valence-corrected chi connectivity index (χ3v) is 6.43. The predicted octanol–water partition coefficient (Wildman–Crippen LogP) is 1.86. The van der Waals surface area contributed by atoms with Crippen molar-refractivity contribution in [1.82, 2.24) is 19.8 Å². The number of ether oxygens (including phenoxy) is 1. The normalized spacial score (nSPS) is 19.6. The molecule has 9 nitrogen and oxygen atoms in total. The molecule has 0 spiro atoms. The lowest BCUT2D eigenvalue weighted by molar-refractivity contribution is 0.0485. The van der Waals surface area contributed by atoms with Crippen molar-refractivity contribution in [3.63, 3.8) is 0 Å². The third-order valence-electron chi connectivity index (χ3n) is 5.10. The van der Waals surface area contributed by atoms with Crippen LogP contribution in [0.25, 0.3) is 0 Å². The number of carbonyl (C=O) groups excluding carboxylic acids is 1. The molecule has 1 rings (SSSR count). The standard InChI is InChI=1S/C20H41N5O4S/c1-15(2)17(23-19(26)29-20(3,4)5)11-13-24(7)18(21-6)22-14-16-10-9-12-25(16)30(8,27)28/h15-17H,9-14H2,1-8H3,(H,21,22)(H,23,26)/t16-,17?/m1/s1. The molecule has 1 amide bonds. The number of aliphatic imine (C=N–C) groups is 1. The van der Waals surface area contributed by atoms with E-state index in [9.17, 15) is 13.2 Å². The SMILES string of the molecule is CN=C(NC[C@H]1CCCN1S(C)(=O)=O)N(C)CCC(NC(=O)OC(C)(C)C)C(C)C. The molecule has 0 aromatic heterocycles. The van der Waals surface area contributed by atoms with E-state index >= 15 is 0 Å². The fourth-order valence-electron chi connectivity index (χ4n) is 3.51. The van der Waals surface area contributed by atoms with Gasteiger partial charge < -0.3 is 20.3 Å². The van der Waals surface area contributed by atoms with Gasteiger partial charge in [-0.05, 0) is 46.0 Å². The number of amides is 1. The highest BCUT2D eigenvalue weighted by molar-refractivity contribution is 7.88. The van der Waals surface area contributed by atoms with Gasteiger partial charge in [-0.15, -0.1) is 0 Å². The van der Waals surface area contributed by atoms with Crippen LogP contribution in [0.15, 0.2) is 4.99 Å². The average Bonchev–Trinajstić information content (AvgIpc) is 3.06. The first-order chi connectivity index (χ1) is 13.7. The Morgan fingerprint density at radius 2 is 1.97 bits per heavy atom. The molecule has 0 aromatic rings. The number of alkyl carbamates (subject to hydrolysis) is 1. The van der Waals surface area contributed by atoms with Crippen molar-refractivity contribution < 1.29 is 17.9 Å². The molecule has 0 aliphatic carbocycles. The van der Waals surface area contributed by atoms with E-state index < -0.39 is 21.7 Å². The Labute approximate surface area is 182 Å². The Balaban J connectivity index is 2.59. The molecule has 1 fully saturated rings. The Bertz CT molecular complexity index is 688. The van der Waals surface area contributed by atoms with Crippen molar-refractivity contribution in [2.75, 3.05) is 40.0 Å². The van der Waals surface area contributed by atoms with Crippen molar-refractivity contribution in [3.8, 4) is 0 Å². The largest absolute Gasteiger partial charge is 0.444 e. The summed E-state index contributed by atoms with van der Waals surface area (Å²) in [5.41, 5.74) is -0.533. The van der Waals surface area contributed by atoms with Crippen LogP contribution in [0.3, 0.4) is 0 Å². The summed E-state index contributed by atoms with van der Waals surface area (Å²) in [6.07, 6.45) is 3.30. The Morgan fingerprint density at radius 3 is 2.47 bits per heavy atom. The second-order valence-electron chi connectivity index (χ2n) is 9.30. The minimum absolute atomic E-state index is 0.0315. The van der Waals surface area contributed by atoms with E-state index in [4.69, 9.17) is 4.74 Å². The molecule has 0 bridgehead atoms. The fraction of sp³-hybridized carbons (Fsp3) is 0.900. The van der Waals surface area contributed by atoms with Crippen molar-refractivity contribution in [1.29, 1.82) is 0 Å². The van der Waals surface area contributed by atoms with Gasteiger partial charge in [-0.2, -0.15) is 4.31 Å². The number of nitrogens with zero attached hydrogens (tertiary/aromatic N) is 3. The summed E-state index contributed by atoms with van der Waals surface area (Å²) in [6, 6.07) is -0.0849. The molecule has 2 N–H and O–H groups in total. The Morgan fingerprint density at radius 1 is 1.33 bits per heavy atom. The van der Waals surface area contributed by atoms with Crippen molar-refractivity contribution in [2.24, 2.45) is 10.9 Å². The number of carbonyl (C=O) groups is 1. The van der Waals surface area contributed by atoms with Gasteiger partial charge in [0.15, 0.2) is 5.96 Å². The first-order valence-corrected chi connectivity index (χ1v) is 12.5. The second-order valence-corrected chi connectivity index (χ2v) is 11.2. The van der Waals surface area contributed by atoms with E-state index in [-0.39, 0.29) is 18.0 Å². The van der Waals surface area contributed by atoms with Gasteiger partial charge in [0.2, 0.25) is 10.0 Å². The molecule has 1 aliphatic rings. The van der Waals surface area contributed by atoms with Crippen LogP contribution in [0.4, 0.5) is 4.79 Å². The van der Waals surface area contributed by atoms with E-state index in [0.29, 0.717) is 25.6 Å². The Hall–Kier alpha value is -1.55. The quantitative estimate of drug-likeness (QED) is 0.435. The first kappa shape index (κ1) is 26.5. The van der Waals surface area contributed by atoms with Crippen LogP contribution in [0.5, 0.6) is 0 Å². The van der Waals surface area contributed by atoms with Gasteiger partial charge in [0.1, 0.15) is 5.60 Å². The van der Waals surface area contributed by atoms with Gasteiger partial charge in [0.05, 0.1) is 6.26 Å². The number of hydrogen-bond acceptors (Lipinski definition) is 5. The highest BCUT2D eigenvalue weighted by atomic mass is 32.2. The Kier molecular flexibility index (Phi) is 9.87. The molecule has 1 saturated heterocycles. The average molecular weight is 448 g/mol. The summed E-state index contributed by atoms with van der Waals surface area (Å²) in [6.45, 7) is 11.4. The van der Waals surface area contributed by atoms with Crippen LogP contribution in [0, 0.1) is 5.92 Å². The van der Waals surface area contributed by atoms with Crippen LogP contribution in [-0.4, -0.2) is 87.3 Å². The molecule has 30 heavy (non-hydrogen) atoms. The van der Waals surface area contributed by atoms with Crippen LogP contribution in [0.2, 0.25) is 0 Å². The number of rotatable bonds is 8. The van der Waals surface area contributed by atoms with E-state index in [0.717, 1.165) is 19.3 Å². The van der Waals surface area contributed by atoms with Crippen molar-refractivity contribution in [2.45, 2.75) is 71.6 Å². The van der Waals surface area contributed by atoms with E-state index in [1.54, 1.807) is 11.4 Å². The zero-order valence-electron chi connectivity index (χ0n) is 19.9. The van der Waals surface area contributed by atoms with Crippen LogP contribution in [0.1, 0.15) is 53.9 Å². The fourth-order valence-corrected chi connectivity index (χ4v) is 4.70. The lowest BCUT2D eigenvalue weighted by Crippen LogP contribution is -2.48. The first-order valence-electron chi connectivity index (χ1n) is 10.6. The molecule has 1 heterocycles. The topological polar surface area (TPSA) is 103 Å². The maximum Gasteiger partial charge on any atom is 0.407 e. The molecule has 1 aliphatic heterocycles. The molecule has 0 aromatic carbocycles. The second kappa shape index (κ2) is 11.2.